The fraction of sp³-hybridized carbons (Fsp3) is 1.00. The number of hydrogen-bond donors (Lipinski definition) is 1. The van der Waals surface area contributed by atoms with Crippen molar-refractivity contribution in [3.05, 3.63) is 0 Å². The molecule has 1 aliphatic carbocycles. The Morgan fingerprint density at radius 2 is 1.64 bits per heavy atom. The third-order valence-corrected chi connectivity index (χ3v) is 6.20. The van der Waals surface area contributed by atoms with E-state index in [4.69, 9.17) is 0 Å². The van der Waals surface area contributed by atoms with Gasteiger partial charge in [-0.25, -0.2) is 0 Å². The van der Waals surface area contributed by atoms with Crippen LogP contribution in [0.25, 0.3) is 0 Å². The highest BCUT2D eigenvalue weighted by Gasteiger charge is 2.25. The Balaban J connectivity index is 1.29. The van der Waals surface area contributed by atoms with E-state index in [9.17, 15) is 0 Å². The van der Waals surface area contributed by atoms with Gasteiger partial charge >= 0.3 is 0 Å². The molecule has 2 heterocycles. The van der Waals surface area contributed by atoms with Crippen molar-refractivity contribution in [3.8, 4) is 0 Å². The average Bonchev–Trinajstić information content (AvgIpc) is 3.38. The van der Waals surface area contributed by atoms with Crippen molar-refractivity contribution in [2.75, 3.05) is 52.4 Å². The van der Waals surface area contributed by atoms with Crippen LogP contribution in [0.1, 0.15) is 51.9 Å². The van der Waals surface area contributed by atoms with Gasteiger partial charge in [-0.15, -0.1) is 0 Å². The predicted octanol–water partition coefficient (Wildman–Crippen LogP) is 2.82. The first-order valence-electron chi connectivity index (χ1n) is 9.99. The zero-order valence-electron chi connectivity index (χ0n) is 14.7. The van der Waals surface area contributed by atoms with Crippen LogP contribution < -0.4 is 5.32 Å². The molecule has 0 aromatic heterocycles. The van der Waals surface area contributed by atoms with Crippen LogP contribution in [0.4, 0.5) is 0 Å². The number of nitrogens with one attached hydrogen (secondary N) is 1. The largest absolute Gasteiger partial charge is 0.317 e. The lowest BCUT2D eigenvalue weighted by Crippen LogP contribution is -2.40. The highest BCUT2D eigenvalue weighted by molar-refractivity contribution is 4.80. The summed E-state index contributed by atoms with van der Waals surface area (Å²) in [6, 6.07) is 0. The molecule has 128 valence electrons. The predicted molar refractivity (Wildman–Crippen MR) is 94.2 cm³/mol. The molecule has 0 atom stereocenters. The van der Waals surface area contributed by atoms with Gasteiger partial charge in [0.15, 0.2) is 0 Å². The Kier molecular flexibility index (Phi) is 6.58. The maximum absolute atomic E-state index is 3.49. The first-order valence-corrected chi connectivity index (χ1v) is 9.99. The number of likely N-dealkylation sites (tertiary alicyclic amines) is 1. The van der Waals surface area contributed by atoms with Gasteiger partial charge in [0.05, 0.1) is 0 Å². The third kappa shape index (κ3) is 5.50. The lowest BCUT2D eigenvalue weighted by Gasteiger charge is -2.36. The first kappa shape index (κ1) is 16.7. The van der Waals surface area contributed by atoms with Crippen molar-refractivity contribution in [2.24, 2.45) is 17.8 Å². The second-order valence-corrected chi connectivity index (χ2v) is 8.06. The molecule has 0 spiro atoms. The van der Waals surface area contributed by atoms with Crippen LogP contribution in [0, 0.1) is 17.8 Å². The van der Waals surface area contributed by atoms with E-state index in [1.54, 1.807) is 0 Å². The summed E-state index contributed by atoms with van der Waals surface area (Å²) in [6.45, 7) is 12.9. The van der Waals surface area contributed by atoms with E-state index in [-0.39, 0.29) is 0 Å². The monoisotopic (exact) mass is 307 g/mol. The molecule has 22 heavy (non-hydrogen) atoms. The van der Waals surface area contributed by atoms with E-state index < -0.39 is 0 Å². The van der Waals surface area contributed by atoms with E-state index >= 15 is 0 Å². The minimum absolute atomic E-state index is 0.965. The summed E-state index contributed by atoms with van der Waals surface area (Å²) in [5.74, 6) is 3.01. The van der Waals surface area contributed by atoms with E-state index in [2.05, 4.69) is 22.0 Å². The van der Waals surface area contributed by atoms with E-state index in [0.717, 1.165) is 17.8 Å². The zero-order chi connectivity index (χ0) is 15.2. The Hall–Kier alpha value is -0.120. The molecular weight excluding hydrogens is 270 g/mol. The molecule has 3 nitrogen and oxygen atoms in total. The summed E-state index contributed by atoms with van der Waals surface area (Å²) >= 11 is 0. The summed E-state index contributed by atoms with van der Waals surface area (Å²) in [6.07, 6.45) is 10.1. The molecular formula is C19H37N3. The van der Waals surface area contributed by atoms with Gasteiger partial charge in [-0.1, -0.05) is 6.92 Å². The standard InChI is InChI=1S/C19H37N3/c1-2-21(15-18-3-4-18)12-7-17-8-13-22(14-9-17)16-19-5-10-20-11-6-19/h17-20H,2-16H2,1H3. The molecule has 0 radical (unpaired) electrons. The van der Waals surface area contributed by atoms with Crippen LogP contribution in [0.15, 0.2) is 0 Å². The number of piperidine rings is 2. The normalized spacial score (nSPS) is 25.9. The van der Waals surface area contributed by atoms with Gasteiger partial charge in [0, 0.05) is 13.1 Å². The molecule has 0 amide bonds. The summed E-state index contributed by atoms with van der Waals surface area (Å²) in [5.41, 5.74) is 0. The topological polar surface area (TPSA) is 18.5 Å². The highest BCUT2D eigenvalue weighted by atomic mass is 15.1. The Morgan fingerprint density at radius 3 is 2.27 bits per heavy atom. The molecule has 3 rings (SSSR count). The van der Waals surface area contributed by atoms with Gasteiger partial charge in [-0.2, -0.15) is 0 Å². The number of nitrogens with zero attached hydrogens (tertiary/aromatic N) is 2. The van der Waals surface area contributed by atoms with Gasteiger partial charge in [0.1, 0.15) is 0 Å². The zero-order valence-corrected chi connectivity index (χ0v) is 14.7. The smallest absolute Gasteiger partial charge is 0.00106 e. The van der Waals surface area contributed by atoms with Crippen molar-refractivity contribution in [2.45, 2.75) is 51.9 Å². The summed E-state index contributed by atoms with van der Waals surface area (Å²) < 4.78 is 0. The van der Waals surface area contributed by atoms with Gasteiger partial charge in [-0.3, -0.25) is 0 Å². The molecule has 0 bridgehead atoms. The minimum atomic E-state index is 0.965. The van der Waals surface area contributed by atoms with Crippen LogP contribution in [0.3, 0.4) is 0 Å². The highest BCUT2D eigenvalue weighted by Crippen LogP contribution is 2.30. The fourth-order valence-electron chi connectivity index (χ4n) is 4.30. The average molecular weight is 308 g/mol. The van der Waals surface area contributed by atoms with Crippen molar-refractivity contribution in [1.82, 2.24) is 15.1 Å². The minimum Gasteiger partial charge on any atom is -0.317 e. The van der Waals surface area contributed by atoms with Crippen LogP contribution in [0.2, 0.25) is 0 Å². The van der Waals surface area contributed by atoms with Crippen molar-refractivity contribution in [3.63, 3.8) is 0 Å². The molecule has 0 aromatic carbocycles. The number of hydrogen-bond acceptors (Lipinski definition) is 3. The summed E-state index contributed by atoms with van der Waals surface area (Å²) in [5, 5.41) is 3.49. The molecule has 3 aliphatic rings. The summed E-state index contributed by atoms with van der Waals surface area (Å²) in [4.78, 5) is 5.47. The number of rotatable bonds is 8. The van der Waals surface area contributed by atoms with E-state index in [1.807, 2.05) is 0 Å². The SMILES string of the molecule is CCN(CCC1CCN(CC2CCNCC2)CC1)CC1CC1. The molecule has 1 saturated carbocycles. The van der Waals surface area contributed by atoms with E-state index in [1.165, 1.54) is 97.3 Å². The molecule has 3 heteroatoms. The lowest BCUT2D eigenvalue weighted by molar-refractivity contribution is 0.136. The second-order valence-electron chi connectivity index (χ2n) is 8.06. The van der Waals surface area contributed by atoms with Gasteiger partial charge in [0.25, 0.3) is 0 Å². The second kappa shape index (κ2) is 8.65. The molecule has 0 aromatic rings. The molecule has 1 N–H and O–H groups in total. The van der Waals surface area contributed by atoms with Crippen LogP contribution >= 0.6 is 0 Å². The van der Waals surface area contributed by atoms with E-state index in [0.29, 0.717) is 0 Å². The lowest BCUT2D eigenvalue weighted by atomic mass is 9.91. The Labute approximate surface area is 137 Å². The van der Waals surface area contributed by atoms with Crippen molar-refractivity contribution < 1.29 is 0 Å². The van der Waals surface area contributed by atoms with Crippen LogP contribution in [-0.4, -0.2) is 62.2 Å². The first-order chi connectivity index (χ1) is 10.8. The quantitative estimate of drug-likeness (QED) is 0.744. The van der Waals surface area contributed by atoms with Gasteiger partial charge in [-0.05, 0) is 102 Å². The molecule has 2 aliphatic heterocycles. The van der Waals surface area contributed by atoms with Crippen LogP contribution in [0.5, 0.6) is 0 Å². The maximum Gasteiger partial charge on any atom is 0.00106 e. The van der Waals surface area contributed by atoms with Gasteiger partial charge in [0.2, 0.25) is 0 Å². The Bertz CT molecular complexity index is 302. The van der Waals surface area contributed by atoms with Crippen LogP contribution in [-0.2, 0) is 0 Å². The molecule has 0 unspecified atom stereocenters. The molecule has 3 fully saturated rings. The van der Waals surface area contributed by atoms with Crippen molar-refractivity contribution in [1.29, 1.82) is 0 Å². The maximum atomic E-state index is 3.49. The van der Waals surface area contributed by atoms with Crippen molar-refractivity contribution >= 4 is 0 Å². The van der Waals surface area contributed by atoms with Gasteiger partial charge < -0.3 is 15.1 Å². The third-order valence-electron chi connectivity index (χ3n) is 6.20. The molecule has 2 saturated heterocycles. The fourth-order valence-corrected chi connectivity index (χ4v) is 4.30. The summed E-state index contributed by atoms with van der Waals surface area (Å²) in [7, 11) is 0. The Morgan fingerprint density at radius 1 is 0.909 bits per heavy atom.